The molecule has 0 atom stereocenters. The molecule has 2 aliphatic rings. The van der Waals surface area contributed by atoms with E-state index in [2.05, 4.69) is 11.9 Å². The molecule has 3 rings (SSSR count). The van der Waals surface area contributed by atoms with Gasteiger partial charge in [-0.2, -0.15) is 0 Å². The van der Waals surface area contributed by atoms with Crippen LogP contribution < -0.4 is 9.47 Å². The third kappa shape index (κ3) is 5.96. The predicted molar refractivity (Wildman–Crippen MR) is 111 cm³/mol. The molecule has 0 saturated heterocycles. The molecule has 0 bridgehead atoms. The van der Waals surface area contributed by atoms with E-state index < -0.39 is 0 Å². The van der Waals surface area contributed by atoms with Crippen molar-refractivity contribution in [1.29, 1.82) is 0 Å². The van der Waals surface area contributed by atoms with Gasteiger partial charge in [-0.1, -0.05) is 39.0 Å². The first-order chi connectivity index (χ1) is 13.7. The quantitative estimate of drug-likeness (QED) is 0.499. The molecule has 4 nitrogen and oxygen atoms in total. The maximum Gasteiger partial charge on any atom is 0.314 e. The second-order valence-corrected chi connectivity index (χ2v) is 8.72. The molecular weight excluding hydrogens is 350 g/mol. The van der Waals surface area contributed by atoms with E-state index in [9.17, 15) is 4.79 Å². The second-order valence-electron chi connectivity index (χ2n) is 8.72. The summed E-state index contributed by atoms with van der Waals surface area (Å²) in [6.07, 6.45) is 15.7. The fourth-order valence-corrected chi connectivity index (χ4v) is 5.13. The minimum atomic E-state index is -0.0901. The normalized spacial score (nSPS) is 27.9. The lowest BCUT2D eigenvalue weighted by Gasteiger charge is -2.37. The lowest BCUT2D eigenvalue weighted by molar-refractivity contribution is -0.140. The summed E-state index contributed by atoms with van der Waals surface area (Å²) < 4.78 is 10.9. The summed E-state index contributed by atoms with van der Waals surface area (Å²) in [5.41, 5.74) is 0. The molecular formula is C24H37NO3. The van der Waals surface area contributed by atoms with Crippen molar-refractivity contribution < 1.29 is 14.3 Å². The van der Waals surface area contributed by atoms with E-state index in [1.807, 2.05) is 6.92 Å². The van der Waals surface area contributed by atoms with Gasteiger partial charge < -0.3 is 9.47 Å². The zero-order valence-corrected chi connectivity index (χ0v) is 17.7. The molecule has 0 radical (unpaired) electrons. The van der Waals surface area contributed by atoms with Gasteiger partial charge in [0.1, 0.15) is 5.75 Å². The Hall–Kier alpha value is -1.58. The van der Waals surface area contributed by atoms with Crippen molar-refractivity contribution >= 4 is 5.97 Å². The largest absolute Gasteiger partial charge is 0.478 e. The van der Waals surface area contributed by atoms with Gasteiger partial charge in [0.05, 0.1) is 18.7 Å². The summed E-state index contributed by atoms with van der Waals surface area (Å²) >= 11 is 0. The molecule has 28 heavy (non-hydrogen) atoms. The summed E-state index contributed by atoms with van der Waals surface area (Å²) in [6.45, 7) is 4.79. The van der Waals surface area contributed by atoms with Crippen LogP contribution in [0.4, 0.5) is 0 Å². The van der Waals surface area contributed by atoms with E-state index in [1.54, 1.807) is 18.3 Å². The molecule has 0 unspecified atom stereocenters. The Bertz CT molecular complexity index is 584. The van der Waals surface area contributed by atoms with Crippen molar-refractivity contribution in [2.75, 3.05) is 6.61 Å². The van der Waals surface area contributed by atoms with E-state index in [-0.39, 0.29) is 11.9 Å². The molecule has 156 valence electrons. The van der Waals surface area contributed by atoms with Crippen LogP contribution in [0.15, 0.2) is 18.3 Å². The highest BCUT2D eigenvalue weighted by atomic mass is 16.5. The number of rotatable bonds is 8. The maximum absolute atomic E-state index is 12.5. The van der Waals surface area contributed by atoms with E-state index in [1.165, 1.54) is 57.8 Å². The van der Waals surface area contributed by atoms with Crippen molar-refractivity contribution in [3.8, 4) is 11.6 Å². The Kier molecular flexibility index (Phi) is 8.17. The second kappa shape index (κ2) is 10.8. The summed E-state index contributed by atoms with van der Waals surface area (Å²) in [6, 6.07) is 3.51. The number of unbranched alkanes of at least 4 members (excludes halogenated alkanes) is 1. The number of hydrogen-bond donors (Lipinski definition) is 0. The van der Waals surface area contributed by atoms with E-state index in [4.69, 9.17) is 9.47 Å². The highest BCUT2D eigenvalue weighted by molar-refractivity contribution is 5.75. The van der Waals surface area contributed by atoms with Gasteiger partial charge in [0, 0.05) is 6.07 Å². The van der Waals surface area contributed by atoms with Gasteiger partial charge in [-0.25, -0.2) is 4.98 Å². The lowest BCUT2D eigenvalue weighted by atomic mass is 9.68. The average molecular weight is 388 g/mol. The third-order valence-corrected chi connectivity index (χ3v) is 6.85. The third-order valence-electron chi connectivity index (χ3n) is 6.85. The molecule has 0 spiro atoms. The first-order valence-electron chi connectivity index (χ1n) is 11.5. The fourth-order valence-electron chi connectivity index (χ4n) is 5.13. The van der Waals surface area contributed by atoms with Crippen molar-refractivity contribution in [2.24, 2.45) is 23.7 Å². The number of carbonyl (C=O) groups excluding carboxylic acids is 1. The molecule has 2 saturated carbocycles. The SMILES string of the molecule is CCCCC1CCC(C2CCC(C(=O)Oc3ccc(OCC)nc3)CC2)CC1. The molecule has 2 fully saturated rings. The molecule has 1 aromatic heterocycles. The maximum atomic E-state index is 12.5. The number of carbonyl (C=O) groups is 1. The molecule has 1 aromatic rings. The van der Waals surface area contributed by atoms with E-state index in [0.29, 0.717) is 18.2 Å². The Labute approximate surface area is 170 Å². The molecule has 0 amide bonds. The van der Waals surface area contributed by atoms with Crippen LogP contribution in [0, 0.1) is 23.7 Å². The van der Waals surface area contributed by atoms with Gasteiger partial charge in [0.25, 0.3) is 0 Å². The molecule has 0 aliphatic heterocycles. The number of pyridine rings is 1. The van der Waals surface area contributed by atoms with Gasteiger partial charge in [-0.05, 0) is 69.3 Å². The fraction of sp³-hybridized carbons (Fsp3) is 0.750. The summed E-state index contributed by atoms with van der Waals surface area (Å²) in [7, 11) is 0. The van der Waals surface area contributed by atoms with Crippen molar-refractivity contribution in [1.82, 2.24) is 4.98 Å². The van der Waals surface area contributed by atoms with Crippen LogP contribution in [0.1, 0.15) is 84.5 Å². The highest BCUT2D eigenvalue weighted by Crippen LogP contribution is 2.42. The summed E-state index contributed by atoms with van der Waals surface area (Å²) in [4.78, 5) is 16.7. The Balaban J connectivity index is 1.39. The van der Waals surface area contributed by atoms with Crippen LogP contribution in [-0.2, 0) is 4.79 Å². The molecule has 0 aromatic carbocycles. The van der Waals surface area contributed by atoms with Crippen LogP contribution in [0.25, 0.3) is 0 Å². The van der Waals surface area contributed by atoms with Crippen LogP contribution in [0.2, 0.25) is 0 Å². The van der Waals surface area contributed by atoms with Gasteiger partial charge in [0.15, 0.2) is 0 Å². The highest BCUT2D eigenvalue weighted by Gasteiger charge is 2.33. The van der Waals surface area contributed by atoms with Gasteiger partial charge in [0.2, 0.25) is 5.88 Å². The van der Waals surface area contributed by atoms with Gasteiger partial charge in [-0.3, -0.25) is 4.79 Å². The zero-order chi connectivity index (χ0) is 19.8. The molecule has 0 N–H and O–H groups in total. The minimum absolute atomic E-state index is 0.0451. The Morgan fingerprint density at radius 1 is 1.00 bits per heavy atom. The number of hydrogen-bond acceptors (Lipinski definition) is 4. The van der Waals surface area contributed by atoms with Crippen molar-refractivity contribution in [3.05, 3.63) is 18.3 Å². The lowest BCUT2D eigenvalue weighted by Crippen LogP contribution is -2.30. The minimum Gasteiger partial charge on any atom is -0.478 e. The predicted octanol–water partition coefficient (Wildman–Crippen LogP) is 6.19. The van der Waals surface area contributed by atoms with Crippen LogP contribution in [0.5, 0.6) is 11.6 Å². The van der Waals surface area contributed by atoms with Gasteiger partial charge in [-0.15, -0.1) is 0 Å². The zero-order valence-electron chi connectivity index (χ0n) is 17.7. The smallest absolute Gasteiger partial charge is 0.314 e. The van der Waals surface area contributed by atoms with Gasteiger partial charge >= 0.3 is 5.97 Å². The van der Waals surface area contributed by atoms with E-state index in [0.717, 1.165) is 30.6 Å². The number of aromatic nitrogens is 1. The van der Waals surface area contributed by atoms with E-state index >= 15 is 0 Å². The Morgan fingerprint density at radius 2 is 1.68 bits per heavy atom. The molecule has 2 aliphatic carbocycles. The summed E-state index contributed by atoms with van der Waals surface area (Å²) in [5.74, 6) is 3.73. The number of esters is 1. The standard InChI is InChI=1S/C24H37NO3/c1-3-5-6-18-7-9-19(10-8-18)20-11-13-21(14-12-20)24(26)28-22-15-16-23(25-17-22)27-4-2/h15-21H,3-14H2,1-2H3. The molecule has 4 heteroatoms. The Morgan fingerprint density at radius 3 is 2.25 bits per heavy atom. The topological polar surface area (TPSA) is 48.4 Å². The van der Waals surface area contributed by atoms with Crippen LogP contribution in [-0.4, -0.2) is 17.6 Å². The van der Waals surface area contributed by atoms with Crippen molar-refractivity contribution in [2.45, 2.75) is 84.5 Å². The van der Waals surface area contributed by atoms with Crippen LogP contribution >= 0.6 is 0 Å². The van der Waals surface area contributed by atoms with Crippen LogP contribution in [0.3, 0.4) is 0 Å². The number of ether oxygens (including phenoxy) is 2. The first-order valence-corrected chi connectivity index (χ1v) is 11.5. The summed E-state index contributed by atoms with van der Waals surface area (Å²) in [5, 5.41) is 0. The first kappa shape index (κ1) is 21.1. The average Bonchev–Trinajstić information content (AvgIpc) is 2.74. The number of nitrogens with zero attached hydrogens (tertiary/aromatic N) is 1. The molecule has 1 heterocycles. The monoisotopic (exact) mass is 387 g/mol. The van der Waals surface area contributed by atoms with Crippen molar-refractivity contribution in [3.63, 3.8) is 0 Å².